The molecule has 4 nitrogen and oxygen atoms in total. The van der Waals surface area contributed by atoms with Gasteiger partial charge in [-0.15, -0.1) is 0 Å². The van der Waals surface area contributed by atoms with Gasteiger partial charge in [-0.25, -0.2) is 21.9 Å². The number of alkyl halides is 4. The maximum absolute atomic E-state index is 12.8. The van der Waals surface area contributed by atoms with Crippen molar-refractivity contribution in [3.8, 4) is 0 Å². The lowest BCUT2D eigenvalue weighted by atomic mass is 10.2. The molecule has 0 amide bonds. The summed E-state index contributed by atoms with van der Waals surface area (Å²) >= 11 is 5.72. The van der Waals surface area contributed by atoms with Crippen molar-refractivity contribution in [3.63, 3.8) is 0 Å². The molecule has 0 aliphatic rings. The Morgan fingerprint density at radius 1 is 1.33 bits per heavy atom. The molecule has 0 aromatic heterocycles. The van der Waals surface area contributed by atoms with E-state index < -0.39 is 33.8 Å². The van der Waals surface area contributed by atoms with Crippen LogP contribution in [0.3, 0.4) is 0 Å². The van der Waals surface area contributed by atoms with Gasteiger partial charge in [-0.3, -0.25) is 0 Å². The number of nitrogens with one attached hydrogen (secondary N) is 2. The SMILES string of the molecule is CNCc1ccc(Cl)c(S(=O)(=O)NCC(F)(F)C(F)F)c1. The first-order valence-electron chi connectivity index (χ1n) is 5.69. The van der Waals surface area contributed by atoms with Crippen molar-refractivity contribution in [2.45, 2.75) is 23.8 Å². The molecule has 0 spiro atoms. The number of halogens is 5. The molecule has 2 N–H and O–H groups in total. The highest BCUT2D eigenvalue weighted by Gasteiger charge is 2.41. The summed E-state index contributed by atoms with van der Waals surface area (Å²) in [5, 5.41) is 2.58. The molecule has 0 heterocycles. The Morgan fingerprint density at radius 3 is 2.48 bits per heavy atom. The molecule has 0 unspecified atom stereocenters. The number of rotatable bonds is 7. The summed E-state index contributed by atoms with van der Waals surface area (Å²) < 4.78 is 74.8. The van der Waals surface area contributed by atoms with E-state index in [1.165, 1.54) is 16.9 Å². The Hall–Kier alpha value is -0.900. The van der Waals surface area contributed by atoms with E-state index in [0.717, 1.165) is 0 Å². The van der Waals surface area contributed by atoms with Gasteiger partial charge in [0.2, 0.25) is 10.0 Å². The van der Waals surface area contributed by atoms with Crippen molar-refractivity contribution in [1.29, 1.82) is 0 Å². The molecule has 120 valence electrons. The monoisotopic (exact) mass is 348 g/mol. The van der Waals surface area contributed by atoms with Gasteiger partial charge in [0.15, 0.2) is 0 Å². The van der Waals surface area contributed by atoms with Gasteiger partial charge in [0, 0.05) is 6.54 Å². The van der Waals surface area contributed by atoms with E-state index >= 15 is 0 Å². The highest BCUT2D eigenvalue weighted by molar-refractivity contribution is 7.89. The van der Waals surface area contributed by atoms with Gasteiger partial charge in [-0.1, -0.05) is 17.7 Å². The first-order chi connectivity index (χ1) is 9.60. The maximum atomic E-state index is 12.8. The lowest BCUT2D eigenvalue weighted by Crippen LogP contribution is -2.41. The smallest absolute Gasteiger partial charge is 0.316 e. The van der Waals surface area contributed by atoms with Crippen molar-refractivity contribution in [2.75, 3.05) is 13.6 Å². The fourth-order valence-electron chi connectivity index (χ4n) is 1.41. The van der Waals surface area contributed by atoms with Crippen LogP contribution in [-0.4, -0.2) is 34.4 Å². The number of hydrogen-bond acceptors (Lipinski definition) is 3. The summed E-state index contributed by atoms with van der Waals surface area (Å²) in [7, 11) is -2.79. The molecule has 0 radical (unpaired) electrons. The van der Waals surface area contributed by atoms with E-state index in [2.05, 4.69) is 5.32 Å². The van der Waals surface area contributed by atoms with Crippen LogP contribution in [-0.2, 0) is 16.6 Å². The zero-order valence-corrected chi connectivity index (χ0v) is 12.4. The molecule has 0 saturated carbocycles. The van der Waals surface area contributed by atoms with Crippen molar-refractivity contribution in [1.82, 2.24) is 10.0 Å². The summed E-state index contributed by atoms with van der Waals surface area (Å²) in [6.45, 7) is -1.38. The summed E-state index contributed by atoms with van der Waals surface area (Å²) in [6, 6.07) is 4.02. The molecule has 0 aliphatic heterocycles. The Morgan fingerprint density at radius 2 is 1.95 bits per heavy atom. The molecule has 10 heteroatoms. The van der Waals surface area contributed by atoms with Crippen molar-refractivity contribution >= 4 is 21.6 Å². The molecule has 0 bridgehead atoms. The van der Waals surface area contributed by atoms with Crippen LogP contribution in [0.25, 0.3) is 0 Å². The summed E-state index contributed by atoms with van der Waals surface area (Å²) in [6.07, 6.45) is -3.97. The largest absolute Gasteiger partial charge is 0.320 e. The molecular weight excluding hydrogens is 336 g/mol. The Kier molecular flexibility index (Phi) is 5.97. The highest BCUT2D eigenvalue weighted by Crippen LogP contribution is 2.25. The molecule has 1 aromatic carbocycles. The standard InChI is InChI=1S/C11H13ClF4N2O2S/c1-17-5-7-2-3-8(12)9(4-7)21(19,20)18-6-11(15,16)10(13)14/h2-4,10,17-18H,5-6H2,1H3. The number of benzene rings is 1. The van der Waals surface area contributed by atoms with Crippen LogP contribution in [0.2, 0.25) is 5.02 Å². The first kappa shape index (κ1) is 18.1. The third-order valence-corrected chi connectivity index (χ3v) is 4.37. The van der Waals surface area contributed by atoms with Gasteiger partial charge in [0.25, 0.3) is 0 Å². The topological polar surface area (TPSA) is 58.2 Å². The Bertz CT molecular complexity index is 596. The fraction of sp³-hybridized carbons (Fsp3) is 0.455. The van der Waals surface area contributed by atoms with Crippen LogP contribution >= 0.6 is 11.6 Å². The number of hydrogen-bond donors (Lipinski definition) is 2. The van der Waals surface area contributed by atoms with Crippen molar-refractivity contribution in [3.05, 3.63) is 28.8 Å². The maximum Gasteiger partial charge on any atom is 0.320 e. The van der Waals surface area contributed by atoms with Gasteiger partial charge < -0.3 is 5.32 Å². The van der Waals surface area contributed by atoms with Crippen LogP contribution in [0.1, 0.15) is 5.56 Å². The zero-order valence-electron chi connectivity index (χ0n) is 10.8. The second kappa shape index (κ2) is 6.91. The lowest BCUT2D eigenvalue weighted by Gasteiger charge is -2.16. The van der Waals surface area contributed by atoms with Gasteiger partial charge >= 0.3 is 12.3 Å². The second-order valence-electron chi connectivity index (χ2n) is 4.18. The molecular formula is C11H13ClF4N2O2S. The molecule has 0 aliphatic carbocycles. The Balaban J connectivity index is 3.00. The van der Waals surface area contributed by atoms with Crippen LogP contribution in [0.5, 0.6) is 0 Å². The third kappa shape index (κ3) is 4.80. The van der Waals surface area contributed by atoms with Gasteiger partial charge in [0.05, 0.1) is 11.6 Å². The van der Waals surface area contributed by atoms with E-state index in [1.54, 1.807) is 13.1 Å². The number of sulfonamides is 1. The summed E-state index contributed by atoms with van der Waals surface area (Å²) in [5.41, 5.74) is 0.544. The average Bonchev–Trinajstić information content (AvgIpc) is 2.39. The van der Waals surface area contributed by atoms with E-state index in [1.807, 2.05) is 0 Å². The van der Waals surface area contributed by atoms with Crippen LogP contribution in [0.4, 0.5) is 17.6 Å². The zero-order chi connectivity index (χ0) is 16.3. The van der Waals surface area contributed by atoms with Crippen LogP contribution < -0.4 is 10.0 Å². The third-order valence-electron chi connectivity index (χ3n) is 2.48. The van der Waals surface area contributed by atoms with Crippen LogP contribution in [0.15, 0.2) is 23.1 Å². The summed E-state index contributed by atoms with van der Waals surface area (Å²) in [5.74, 6) is -4.46. The van der Waals surface area contributed by atoms with Crippen molar-refractivity contribution < 1.29 is 26.0 Å². The van der Waals surface area contributed by atoms with E-state index in [0.29, 0.717) is 12.1 Å². The quantitative estimate of drug-likeness (QED) is 0.743. The minimum Gasteiger partial charge on any atom is -0.316 e. The average molecular weight is 349 g/mol. The van der Waals surface area contributed by atoms with E-state index in [9.17, 15) is 26.0 Å². The first-order valence-corrected chi connectivity index (χ1v) is 7.55. The molecule has 0 atom stereocenters. The lowest BCUT2D eigenvalue weighted by molar-refractivity contribution is -0.122. The Labute approximate surface area is 124 Å². The molecule has 0 fully saturated rings. The fourth-order valence-corrected chi connectivity index (χ4v) is 3.01. The minimum absolute atomic E-state index is 0.192. The second-order valence-corrected chi connectivity index (χ2v) is 6.32. The van der Waals surface area contributed by atoms with Gasteiger partial charge in [0.1, 0.15) is 4.90 Å². The predicted molar refractivity (Wildman–Crippen MR) is 70.4 cm³/mol. The molecule has 21 heavy (non-hydrogen) atoms. The molecule has 1 rings (SSSR count). The highest BCUT2D eigenvalue weighted by atomic mass is 35.5. The molecule has 1 aromatic rings. The predicted octanol–water partition coefficient (Wildman–Crippen LogP) is 2.24. The summed E-state index contributed by atoms with van der Waals surface area (Å²) in [4.78, 5) is -0.443. The van der Waals surface area contributed by atoms with Gasteiger partial charge in [-0.05, 0) is 24.7 Å². The van der Waals surface area contributed by atoms with E-state index in [4.69, 9.17) is 11.6 Å². The minimum atomic E-state index is -4.46. The van der Waals surface area contributed by atoms with Gasteiger partial charge in [-0.2, -0.15) is 8.78 Å². The normalized spacial score (nSPS) is 12.9. The molecule has 0 saturated heterocycles. The van der Waals surface area contributed by atoms with E-state index in [-0.39, 0.29) is 5.02 Å². The van der Waals surface area contributed by atoms with Crippen molar-refractivity contribution in [2.24, 2.45) is 0 Å². The van der Waals surface area contributed by atoms with Crippen LogP contribution in [0, 0.1) is 0 Å².